The summed E-state index contributed by atoms with van der Waals surface area (Å²) in [6, 6.07) is 13.7. The van der Waals surface area contributed by atoms with Gasteiger partial charge < -0.3 is 10.1 Å². The van der Waals surface area contributed by atoms with Crippen molar-refractivity contribution in [3.63, 3.8) is 0 Å². The van der Waals surface area contributed by atoms with Crippen molar-refractivity contribution < 1.29 is 17.9 Å². The molecule has 0 unspecified atom stereocenters. The first-order valence-electron chi connectivity index (χ1n) is 10.0. The van der Waals surface area contributed by atoms with E-state index in [2.05, 4.69) is 10.6 Å². The first kappa shape index (κ1) is 22.9. The van der Waals surface area contributed by atoms with E-state index < -0.39 is 10.0 Å². The minimum atomic E-state index is -3.46. The van der Waals surface area contributed by atoms with Crippen molar-refractivity contribution in [1.82, 2.24) is 9.62 Å². The van der Waals surface area contributed by atoms with E-state index in [-0.39, 0.29) is 15.9 Å². The lowest BCUT2D eigenvalue weighted by molar-refractivity contribution is -0.115. The van der Waals surface area contributed by atoms with Crippen LogP contribution in [0.1, 0.15) is 25.3 Å². The Morgan fingerprint density at radius 3 is 2.35 bits per heavy atom. The minimum absolute atomic E-state index is 0.122. The molecule has 1 amide bonds. The molecule has 0 saturated carbocycles. The number of rotatable bonds is 7. The molecule has 0 aliphatic carbocycles. The van der Waals surface area contributed by atoms with Gasteiger partial charge in [0.25, 0.3) is 0 Å². The predicted molar refractivity (Wildman–Crippen MR) is 125 cm³/mol. The van der Waals surface area contributed by atoms with E-state index in [9.17, 15) is 13.2 Å². The number of ether oxygens (including phenoxy) is 1. The average Bonchev–Trinajstić information content (AvgIpc) is 3.30. The van der Waals surface area contributed by atoms with Crippen LogP contribution in [0.3, 0.4) is 0 Å². The smallest absolute Gasteiger partial charge is 0.250 e. The molecule has 2 aromatic carbocycles. The predicted octanol–water partition coefficient (Wildman–Crippen LogP) is 3.40. The lowest BCUT2D eigenvalue weighted by Gasteiger charge is -2.16. The monoisotopic (exact) mass is 459 g/mol. The number of carbonyl (C=O) groups is 1. The number of hydrogen-bond donors (Lipinski definition) is 2. The van der Waals surface area contributed by atoms with Crippen LogP contribution in [-0.4, -0.2) is 43.4 Å². The summed E-state index contributed by atoms with van der Waals surface area (Å²) < 4.78 is 32.0. The highest BCUT2D eigenvalue weighted by Gasteiger charge is 2.26. The van der Waals surface area contributed by atoms with E-state index in [1.54, 1.807) is 18.2 Å². The van der Waals surface area contributed by atoms with Crippen LogP contribution >= 0.6 is 12.2 Å². The third-order valence-corrected chi connectivity index (χ3v) is 6.79. The van der Waals surface area contributed by atoms with Gasteiger partial charge >= 0.3 is 0 Å². The summed E-state index contributed by atoms with van der Waals surface area (Å²) in [5.74, 6) is 0.397. The van der Waals surface area contributed by atoms with Crippen molar-refractivity contribution in [3.8, 4) is 5.75 Å². The Balaban J connectivity index is 1.52. The molecule has 0 bridgehead atoms. The summed E-state index contributed by atoms with van der Waals surface area (Å²) in [6.07, 6.45) is 4.83. The summed E-state index contributed by atoms with van der Waals surface area (Å²) in [5.41, 5.74) is 1.44. The van der Waals surface area contributed by atoms with Crippen LogP contribution in [0, 0.1) is 0 Å². The lowest BCUT2D eigenvalue weighted by atomic mass is 10.2. The van der Waals surface area contributed by atoms with Crippen LogP contribution in [0.5, 0.6) is 5.75 Å². The highest BCUT2D eigenvalue weighted by Crippen LogP contribution is 2.22. The number of nitrogens with zero attached hydrogens (tertiary/aromatic N) is 1. The quantitative estimate of drug-likeness (QED) is 0.487. The fourth-order valence-electron chi connectivity index (χ4n) is 3.12. The third kappa shape index (κ3) is 6.36. The molecule has 2 N–H and O–H groups in total. The van der Waals surface area contributed by atoms with Crippen LogP contribution in [0.2, 0.25) is 0 Å². The number of anilines is 1. The summed E-state index contributed by atoms with van der Waals surface area (Å²) in [6.45, 7) is 3.63. The highest BCUT2D eigenvalue weighted by atomic mass is 32.2. The standard InChI is InChI=1S/C22H25N3O4S2/c1-2-29-19-10-5-17(6-11-19)7-14-21(26)24-22(30)23-18-8-12-20(13-9-18)31(27,28)25-15-3-4-16-25/h5-14H,2-4,15-16H2,1H3,(H2,23,24,26,30)/b14-7+. The van der Waals surface area contributed by atoms with Crippen LogP contribution < -0.4 is 15.4 Å². The van der Waals surface area contributed by atoms with Crippen molar-refractivity contribution in [2.75, 3.05) is 25.0 Å². The molecule has 7 nitrogen and oxygen atoms in total. The maximum Gasteiger partial charge on any atom is 0.250 e. The summed E-state index contributed by atoms with van der Waals surface area (Å²) in [7, 11) is -3.46. The molecule has 1 saturated heterocycles. The van der Waals surface area contributed by atoms with Crippen molar-refractivity contribution in [3.05, 3.63) is 60.2 Å². The van der Waals surface area contributed by atoms with Gasteiger partial charge in [-0.05, 0) is 80.0 Å². The lowest BCUT2D eigenvalue weighted by Crippen LogP contribution is -2.32. The molecule has 0 radical (unpaired) electrons. The van der Waals surface area contributed by atoms with Crippen LogP contribution in [0.15, 0.2) is 59.5 Å². The fourth-order valence-corrected chi connectivity index (χ4v) is 4.85. The van der Waals surface area contributed by atoms with Gasteiger partial charge in [0.15, 0.2) is 5.11 Å². The molecule has 31 heavy (non-hydrogen) atoms. The zero-order chi connectivity index (χ0) is 22.3. The second-order valence-corrected chi connectivity index (χ2v) is 9.26. The molecule has 1 aliphatic heterocycles. The Labute approximate surface area is 188 Å². The second-order valence-electron chi connectivity index (χ2n) is 6.91. The molecule has 9 heteroatoms. The Bertz CT molecular complexity index is 1040. The first-order chi connectivity index (χ1) is 14.9. The summed E-state index contributed by atoms with van der Waals surface area (Å²) in [5, 5.41) is 5.57. The number of benzene rings is 2. The third-order valence-electron chi connectivity index (χ3n) is 4.67. The zero-order valence-corrected chi connectivity index (χ0v) is 18.8. The van der Waals surface area contributed by atoms with Crippen LogP contribution in [0.25, 0.3) is 6.08 Å². The van der Waals surface area contributed by atoms with E-state index in [1.165, 1.54) is 22.5 Å². The number of carbonyl (C=O) groups excluding carboxylic acids is 1. The molecule has 0 aromatic heterocycles. The van der Waals surface area contributed by atoms with Gasteiger partial charge in [-0.3, -0.25) is 10.1 Å². The minimum Gasteiger partial charge on any atom is -0.494 e. The van der Waals surface area contributed by atoms with Gasteiger partial charge in [-0.1, -0.05) is 12.1 Å². The largest absolute Gasteiger partial charge is 0.494 e. The normalized spacial score (nSPS) is 14.5. The SMILES string of the molecule is CCOc1ccc(/C=C/C(=O)NC(=S)Nc2ccc(S(=O)(=O)N3CCCC3)cc2)cc1. The number of amides is 1. The van der Waals surface area contributed by atoms with Gasteiger partial charge in [0.2, 0.25) is 15.9 Å². The van der Waals surface area contributed by atoms with Gasteiger partial charge in [-0.2, -0.15) is 4.31 Å². The Morgan fingerprint density at radius 2 is 1.74 bits per heavy atom. The number of sulfonamides is 1. The molecule has 1 fully saturated rings. The van der Waals surface area contributed by atoms with E-state index in [0.29, 0.717) is 25.4 Å². The number of nitrogens with one attached hydrogen (secondary N) is 2. The molecular weight excluding hydrogens is 434 g/mol. The second kappa shape index (κ2) is 10.5. The highest BCUT2D eigenvalue weighted by molar-refractivity contribution is 7.89. The van der Waals surface area contributed by atoms with Gasteiger partial charge in [-0.15, -0.1) is 0 Å². The number of hydrogen-bond acceptors (Lipinski definition) is 5. The Kier molecular flexibility index (Phi) is 7.78. The maximum absolute atomic E-state index is 12.6. The van der Waals surface area contributed by atoms with Crippen molar-refractivity contribution in [2.45, 2.75) is 24.7 Å². The molecule has 164 valence electrons. The molecule has 1 heterocycles. The van der Waals surface area contributed by atoms with Gasteiger partial charge in [0, 0.05) is 24.9 Å². The van der Waals surface area contributed by atoms with Crippen LogP contribution in [0.4, 0.5) is 5.69 Å². The van der Waals surface area contributed by atoms with Crippen LogP contribution in [-0.2, 0) is 14.8 Å². The first-order valence-corrected chi connectivity index (χ1v) is 11.9. The summed E-state index contributed by atoms with van der Waals surface area (Å²) >= 11 is 5.16. The Morgan fingerprint density at radius 1 is 1.10 bits per heavy atom. The zero-order valence-electron chi connectivity index (χ0n) is 17.2. The van der Waals surface area contributed by atoms with Crippen molar-refractivity contribution in [2.24, 2.45) is 0 Å². The molecule has 3 rings (SSSR count). The number of thiocarbonyl (C=S) groups is 1. The maximum atomic E-state index is 12.6. The van der Waals surface area contributed by atoms with Crippen molar-refractivity contribution >= 4 is 45.0 Å². The van der Waals surface area contributed by atoms with Crippen molar-refractivity contribution in [1.29, 1.82) is 0 Å². The Hall–Kier alpha value is -2.75. The fraction of sp³-hybridized carbons (Fsp3) is 0.273. The van der Waals surface area contributed by atoms with E-state index in [4.69, 9.17) is 17.0 Å². The molecule has 0 spiro atoms. The van der Waals surface area contributed by atoms with Gasteiger partial charge in [-0.25, -0.2) is 8.42 Å². The van der Waals surface area contributed by atoms with E-state index in [0.717, 1.165) is 24.2 Å². The topological polar surface area (TPSA) is 87.7 Å². The average molecular weight is 460 g/mol. The van der Waals surface area contributed by atoms with Gasteiger partial charge in [0.05, 0.1) is 11.5 Å². The molecular formula is C22H25N3O4S2. The molecule has 0 atom stereocenters. The van der Waals surface area contributed by atoms with E-state index >= 15 is 0 Å². The molecule has 1 aliphatic rings. The molecule has 2 aromatic rings. The van der Waals surface area contributed by atoms with E-state index in [1.807, 2.05) is 31.2 Å². The van der Waals surface area contributed by atoms with Gasteiger partial charge in [0.1, 0.15) is 5.75 Å². The summed E-state index contributed by atoms with van der Waals surface area (Å²) in [4.78, 5) is 12.3.